The van der Waals surface area contributed by atoms with Gasteiger partial charge in [0.1, 0.15) is 0 Å². The monoisotopic (exact) mass is 237 g/mol. The van der Waals surface area contributed by atoms with Crippen molar-refractivity contribution < 1.29 is 4.74 Å². The number of hydrogen-bond acceptors (Lipinski definition) is 4. The molecule has 0 aliphatic carbocycles. The van der Waals surface area contributed by atoms with Crippen LogP contribution in [0, 0.1) is 0 Å². The highest BCUT2D eigenvalue weighted by Gasteiger charge is 1.91. The molecule has 0 saturated carbocycles. The Labute approximate surface area is 104 Å². The zero-order chi connectivity index (χ0) is 12.2. The first-order valence-corrected chi connectivity index (χ1v) is 6.16. The van der Waals surface area contributed by atoms with E-state index in [1.54, 1.807) is 0 Å². The largest absolute Gasteiger partial charge is 0.379 e. The fraction of sp³-hybridized carbons (Fsp3) is 0.538. The molecular formula is C13H23N3O. The van der Waals surface area contributed by atoms with Crippen LogP contribution in [0.15, 0.2) is 30.3 Å². The molecule has 1 aromatic carbocycles. The highest BCUT2D eigenvalue weighted by molar-refractivity contribution is 5.14. The number of nitrogens with two attached hydrogens (primary N) is 1. The second-order valence-corrected chi connectivity index (χ2v) is 3.81. The average Bonchev–Trinajstić information content (AvgIpc) is 2.38. The number of benzene rings is 1. The van der Waals surface area contributed by atoms with Gasteiger partial charge in [-0.2, -0.15) is 0 Å². The van der Waals surface area contributed by atoms with Crippen LogP contribution in [-0.2, 0) is 11.3 Å². The summed E-state index contributed by atoms with van der Waals surface area (Å²) in [6.07, 6.45) is 0. The van der Waals surface area contributed by atoms with Crippen LogP contribution in [0.1, 0.15) is 5.56 Å². The SMILES string of the molecule is NCCOCCNCCNCc1ccccc1. The molecule has 0 unspecified atom stereocenters. The maximum absolute atomic E-state index is 5.31. The molecule has 96 valence electrons. The van der Waals surface area contributed by atoms with Crippen molar-refractivity contribution in [3.8, 4) is 0 Å². The second kappa shape index (κ2) is 10.2. The summed E-state index contributed by atoms with van der Waals surface area (Å²) in [5, 5.41) is 6.68. The van der Waals surface area contributed by atoms with E-state index >= 15 is 0 Å². The van der Waals surface area contributed by atoms with Gasteiger partial charge < -0.3 is 21.1 Å². The Balaban J connectivity index is 1.85. The Morgan fingerprint density at radius 1 is 0.941 bits per heavy atom. The minimum Gasteiger partial charge on any atom is -0.379 e. The summed E-state index contributed by atoms with van der Waals surface area (Å²) in [6, 6.07) is 10.4. The molecule has 0 atom stereocenters. The third kappa shape index (κ3) is 7.88. The summed E-state index contributed by atoms with van der Waals surface area (Å²) < 4.78 is 5.25. The lowest BCUT2D eigenvalue weighted by Gasteiger charge is -2.07. The molecule has 0 amide bonds. The first kappa shape index (κ1) is 14.1. The van der Waals surface area contributed by atoms with Gasteiger partial charge in [-0.3, -0.25) is 0 Å². The van der Waals surface area contributed by atoms with E-state index in [9.17, 15) is 0 Å². The molecule has 0 bridgehead atoms. The summed E-state index contributed by atoms with van der Waals surface area (Å²) in [4.78, 5) is 0. The fourth-order valence-corrected chi connectivity index (χ4v) is 1.46. The van der Waals surface area contributed by atoms with Crippen LogP contribution in [0.5, 0.6) is 0 Å². The zero-order valence-electron chi connectivity index (χ0n) is 10.3. The maximum Gasteiger partial charge on any atom is 0.0591 e. The minimum absolute atomic E-state index is 0.596. The third-order valence-electron chi connectivity index (χ3n) is 2.34. The van der Waals surface area contributed by atoms with Crippen molar-refractivity contribution in [2.24, 2.45) is 5.73 Å². The molecule has 0 fully saturated rings. The lowest BCUT2D eigenvalue weighted by atomic mass is 10.2. The molecule has 0 aliphatic rings. The molecular weight excluding hydrogens is 214 g/mol. The van der Waals surface area contributed by atoms with Crippen LogP contribution < -0.4 is 16.4 Å². The highest BCUT2D eigenvalue weighted by atomic mass is 16.5. The van der Waals surface area contributed by atoms with E-state index in [1.165, 1.54) is 5.56 Å². The van der Waals surface area contributed by atoms with Crippen molar-refractivity contribution >= 4 is 0 Å². The van der Waals surface area contributed by atoms with Crippen LogP contribution in [0.25, 0.3) is 0 Å². The van der Waals surface area contributed by atoms with Gasteiger partial charge in [0.15, 0.2) is 0 Å². The van der Waals surface area contributed by atoms with E-state index in [1.807, 2.05) is 6.07 Å². The van der Waals surface area contributed by atoms with Gasteiger partial charge in [-0.05, 0) is 5.56 Å². The third-order valence-corrected chi connectivity index (χ3v) is 2.34. The van der Waals surface area contributed by atoms with Gasteiger partial charge in [0.05, 0.1) is 13.2 Å². The van der Waals surface area contributed by atoms with Gasteiger partial charge in [-0.25, -0.2) is 0 Å². The Hall–Kier alpha value is -0.940. The molecule has 17 heavy (non-hydrogen) atoms. The number of nitrogens with one attached hydrogen (secondary N) is 2. The fourth-order valence-electron chi connectivity index (χ4n) is 1.46. The van der Waals surface area contributed by atoms with Crippen molar-refractivity contribution in [3.05, 3.63) is 35.9 Å². The molecule has 0 aromatic heterocycles. The first-order chi connectivity index (χ1) is 8.43. The summed E-state index contributed by atoms with van der Waals surface area (Å²) in [6.45, 7) is 5.70. The van der Waals surface area contributed by atoms with Crippen molar-refractivity contribution in [1.82, 2.24) is 10.6 Å². The second-order valence-electron chi connectivity index (χ2n) is 3.81. The molecule has 4 nitrogen and oxygen atoms in total. The molecule has 4 heteroatoms. The van der Waals surface area contributed by atoms with Gasteiger partial charge in [0.2, 0.25) is 0 Å². The van der Waals surface area contributed by atoms with Crippen molar-refractivity contribution in [1.29, 1.82) is 0 Å². The Morgan fingerprint density at radius 2 is 1.71 bits per heavy atom. The number of ether oxygens (including phenoxy) is 1. The van der Waals surface area contributed by atoms with E-state index < -0.39 is 0 Å². The van der Waals surface area contributed by atoms with Crippen LogP contribution >= 0.6 is 0 Å². The summed E-state index contributed by atoms with van der Waals surface area (Å²) >= 11 is 0. The normalized spacial score (nSPS) is 10.6. The molecule has 0 radical (unpaired) electrons. The standard InChI is InChI=1S/C13H23N3O/c14-6-10-17-11-9-15-7-8-16-12-13-4-2-1-3-5-13/h1-5,15-16H,6-12,14H2. The number of hydrogen-bond donors (Lipinski definition) is 3. The van der Waals surface area contributed by atoms with Crippen LogP contribution in [0.2, 0.25) is 0 Å². The quantitative estimate of drug-likeness (QED) is 0.514. The predicted molar refractivity (Wildman–Crippen MR) is 70.9 cm³/mol. The molecule has 4 N–H and O–H groups in total. The van der Waals surface area contributed by atoms with Crippen molar-refractivity contribution in [2.45, 2.75) is 6.54 Å². The highest BCUT2D eigenvalue weighted by Crippen LogP contribution is 1.96. The molecule has 1 aromatic rings. The van der Waals surface area contributed by atoms with Crippen LogP contribution in [-0.4, -0.2) is 39.4 Å². The van der Waals surface area contributed by atoms with E-state index in [2.05, 4.69) is 34.9 Å². The molecule has 0 aliphatic heterocycles. The lowest BCUT2D eigenvalue weighted by molar-refractivity contribution is 0.143. The molecule has 0 spiro atoms. The van der Waals surface area contributed by atoms with Crippen molar-refractivity contribution in [3.63, 3.8) is 0 Å². The van der Waals surface area contributed by atoms with Gasteiger partial charge in [0.25, 0.3) is 0 Å². The summed E-state index contributed by atoms with van der Waals surface area (Å²) in [5.41, 5.74) is 6.63. The smallest absolute Gasteiger partial charge is 0.0591 e. The summed E-state index contributed by atoms with van der Waals surface area (Å²) in [7, 11) is 0. The van der Waals surface area contributed by atoms with E-state index in [0.29, 0.717) is 13.2 Å². The maximum atomic E-state index is 5.31. The molecule has 1 rings (SSSR count). The topological polar surface area (TPSA) is 59.3 Å². The van der Waals surface area contributed by atoms with Gasteiger partial charge in [0, 0.05) is 32.7 Å². The zero-order valence-corrected chi connectivity index (χ0v) is 10.3. The van der Waals surface area contributed by atoms with Crippen LogP contribution in [0.3, 0.4) is 0 Å². The Kier molecular flexibility index (Phi) is 8.50. The molecule has 0 saturated heterocycles. The molecule has 0 heterocycles. The Morgan fingerprint density at radius 3 is 2.47 bits per heavy atom. The van der Waals surface area contributed by atoms with Gasteiger partial charge in [-0.15, -0.1) is 0 Å². The van der Waals surface area contributed by atoms with Crippen LogP contribution in [0.4, 0.5) is 0 Å². The van der Waals surface area contributed by atoms with Gasteiger partial charge >= 0.3 is 0 Å². The van der Waals surface area contributed by atoms with Gasteiger partial charge in [-0.1, -0.05) is 30.3 Å². The van der Waals surface area contributed by atoms with E-state index in [0.717, 1.165) is 32.8 Å². The first-order valence-electron chi connectivity index (χ1n) is 6.16. The number of rotatable bonds is 10. The lowest BCUT2D eigenvalue weighted by Crippen LogP contribution is -2.29. The van der Waals surface area contributed by atoms with Crippen molar-refractivity contribution in [2.75, 3.05) is 39.4 Å². The van der Waals surface area contributed by atoms with E-state index in [4.69, 9.17) is 10.5 Å². The summed E-state index contributed by atoms with van der Waals surface area (Å²) in [5.74, 6) is 0. The predicted octanol–water partition coefficient (Wildman–Crippen LogP) is 0.341. The average molecular weight is 237 g/mol. The Bertz CT molecular complexity index is 267. The van der Waals surface area contributed by atoms with E-state index in [-0.39, 0.29) is 0 Å². The minimum atomic E-state index is 0.596.